The van der Waals surface area contributed by atoms with E-state index in [4.69, 9.17) is 4.74 Å². The zero-order valence-electron chi connectivity index (χ0n) is 21.0. The molecule has 2 aromatic carbocycles. The molecular formula is C24H32Na2O7S2. The summed E-state index contributed by atoms with van der Waals surface area (Å²) in [6, 6.07) is 10.6. The Labute approximate surface area is 254 Å². The number of rotatable bonds is 15. The summed E-state index contributed by atoms with van der Waals surface area (Å²) < 4.78 is 77.3. The van der Waals surface area contributed by atoms with Crippen LogP contribution < -0.4 is 63.9 Å². The van der Waals surface area contributed by atoms with Gasteiger partial charge in [0.25, 0.3) is 0 Å². The van der Waals surface area contributed by atoms with E-state index < -0.39 is 35.8 Å². The predicted octanol–water partition coefficient (Wildman–Crippen LogP) is -0.241. The molecule has 0 atom stereocenters. The van der Waals surface area contributed by atoms with Crippen LogP contribution in [0, 0.1) is 0 Å². The summed E-state index contributed by atoms with van der Waals surface area (Å²) in [4.78, 5) is -2.12. The first-order valence-electron chi connectivity index (χ1n) is 11.4. The van der Waals surface area contributed by atoms with Crippen LogP contribution in [0.4, 0.5) is 0 Å². The molecule has 35 heavy (non-hydrogen) atoms. The van der Waals surface area contributed by atoms with Crippen molar-refractivity contribution in [1.82, 2.24) is 0 Å². The number of aryl methyl sites for hydroxylation is 1. The Morgan fingerprint density at radius 1 is 0.657 bits per heavy atom. The molecule has 0 heterocycles. The normalized spacial score (nSPS) is 11.4. The summed E-state index contributed by atoms with van der Waals surface area (Å²) >= 11 is 0. The standard InChI is InChI=1S/C24H34O7S2.2Na/c1-2-3-4-5-6-7-8-9-10-12-15-20-18-19-22(31-21-16-13-11-14-17-21)24(33(28,29)30)23(20)32(25,26)27;;/h11,13-14,16-19H,2-10,12,15H2,1H3,(H,25,26,27)(H,28,29,30);;/q;2*+1/p-2. The van der Waals surface area contributed by atoms with Crippen molar-refractivity contribution in [3.8, 4) is 11.5 Å². The molecule has 0 aliphatic heterocycles. The Kier molecular flexibility index (Phi) is 17.6. The molecule has 0 aliphatic carbocycles. The van der Waals surface area contributed by atoms with E-state index in [-0.39, 0.29) is 76.8 Å². The predicted molar refractivity (Wildman–Crippen MR) is 124 cm³/mol. The zero-order chi connectivity index (χ0) is 24.3. The Morgan fingerprint density at radius 2 is 1.14 bits per heavy atom. The van der Waals surface area contributed by atoms with E-state index in [0.29, 0.717) is 6.42 Å². The second-order valence-electron chi connectivity index (χ2n) is 8.14. The van der Waals surface area contributed by atoms with E-state index in [1.165, 1.54) is 56.4 Å². The Bertz CT molecular complexity index is 1090. The number of unbranched alkanes of at least 4 members (excludes halogenated alkanes) is 9. The quantitative estimate of drug-likeness (QED) is 0.173. The molecule has 0 bridgehead atoms. The first-order valence-corrected chi connectivity index (χ1v) is 14.3. The van der Waals surface area contributed by atoms with Crippen LogP contribution in [0.3, 0.4) is 0 Å². The molecule has 0 fully saturated rings. The van der Waals surface area contributed by atoms with Crippen molar-refractivity contribution >= 4 is 20.2 Å². The smallest absolute Gasteiger partial charge is 0.744 e. The molecule has 0 saturated carbocycles. The molecule has 0 saturated heterocycles. The summed E-state index contributed by atoms with van der Waals surface area (Å²) in [5, 5.41) is 0. The van der Waals surface area contributed by atoms with Crippen LogP contribution in [0.2, 0.25) is 0 Å². The second kappa shape index (κ2) is 17.5. The van der Waals surface area contributed by atoms with Gasteiger partial charge in [0, 0.05) is 0 Å². The van der Waals surface area contributed by atoms with Crippen molar-refractivity contribution in [3.05, 3.63) is 48.0 Å². The number of hydrogen-bond donors (Lipinski definition) is 0. The van der Waals surface area contributed by atoms with Gasteiger partial charge in [0.05, 0.1) is 4.90 Å². The van der Waals surface area contributed by atoms with Crippen LogP contribution in [0.15, 0.2) is 52.3 Å². The molecular weight excluding hydrogens is 510 g/mol. The Hall–Kier alpha value is 0.0600. The van der Waals surface area contributed by atoms with Gasteiger partial charge in [-0.2, -0.15) is 0 Å². The maximum Gasteiger partial charge on any atom is 1.00 e. The molecule has 0 unspecified atom stereocenters. The number of ether oxygens (including phenoxy) is 1. The molecule has 184 valence electrons. The first kappa shape index (κ1) is 35.1. The van der Waals surface area contributed by atoms with Gasteiger partial charge in [-0.25, -0.2) is 16.8 Å². The summed E-state index contributed by atoms with van der Waals surface area (Å²) in [7, 11) is -10.5. The van der Waals surface area contributed by atoms with Crippen molar-refractivity contribution < 1.29 is 89.8 Å². The fourth-order valence-corrected chi connectivity index (χ4v) is 5.94. The molecule has 0 spiro atoms. The van der Waals surface area contributed by atoms with Gasteiger partial charge in [0.2, 0.25) is 0 Å². The maximum absolute atomic E-state index is 12.0. The van der Waals surface area contributed by atoms with Crippen molar-refractivity contribution in [1.29, 1.82) is 0 Å². The van der Waals surface area contributed by atoms with Crippen molar-refractivity contribution in [2.75, 3.05) is 0 Å². The molecule has 11 heteroatoms. The Balaban J connectivity index is 0.00000578. The van der Waals surface area contributed by atoms with Crippen LogP contribution in [0.5, 0.6) is 11.5 Å². The fourth-order valence-electron chi connectivity index (χ4n) is 3.79. The van der Waals surface area contributed by atoms with Crippen LogP contribution in [0.1, 0.15) is 76.7 Å². The molecule has 2 rings (SSSR count). The van der Waals surface area contributed by atoms with E-state index in [9.17, 15) is 25.9 Å². The van der Waals surface area contributed by atoms with Crippen LogP contribution in [-0.2, 0) is 26.7 Å². The summed E-state index contributed by atoms with van der Waals surface area (Å²) in [5.41, 5.74) is 0.0272. The van der Waals surface area contributed by atoms with Gasteiger partial charge < -0.3 is 13.8 Å². The third-order valence-corrected chi connectivity index (χ3v) is 7.43. The third kappa shape index (κ3) is 12.4. The minimum atomic E-state index is -5.30. The molecule has 0 aliphatic rings. The van der Waals surface area contributed by atoms with E-state index in [1.54, 1.807) is 18.2 Å². The molecule has 7 nitrogen and oxygen atoms in total. The average molecular weight is 543 g/mol. The molecule has 0 radical (unpaired) electrons. The van der Waals surface area contributed by atoms with E-state index >= 15 is 0 Å². The van der Waals surface area contributed by atoms with Crippen LogP contribution >= 0.6 is 0 Å². The van der Waals surface area contributed by atoms with E-state index in [0.717, 1.165) is 25.7 Å². The van der Waals surface area contributed by atoms with Crippen molar-refractivity contribution in [2.45, 2.75) is 87.3 Å². The van der Waals surface area contributed by atoms with Gasteiger partial charge >= 0.3 is 59.1 Å². The fraction of sp³-hybridized carbons (Fsp3) is 0.500. The van der Waals surface area contributed by atoms with E-state index in [1.807, 2.05) is 0 Å². The number of benzene rings is 2. The maximum atomic E-state index is 12.0. The first-order chi connectivity index (χ1) is 15.6. The minimum absolute atomic E-state index is 0. The monoisotopic (exact) mass is 542 g/mol. The SMILES string of the molecule is CCCCCCCCCCCCc1ccc(Oc2ccccc2)c(S(=O)(=O)[O-])c1S(=O)(=O)[O-].[Na+].[Na+]. The molecule has 0 amide bonds. The van der Waals surface area contributed by atoms with Gasteiger partial charge in [-0.3, -0.25) is 0 Å². The second-order valence-corrected chi connectivity index (χ2v) is 10.8. The van der Waals surface area contributed by atoms with Crippen molar-refractivity contribution in [2.24, 2.45) is 0 Å². The minimum Gasteiger partial charge on any atom is -0.744 e. The van der Waals surface area contributed by atoms with Gasteiger partial charge in [-0.1, -0.05) is 89.0 Å². The third-order valence-electron chi connectivity index (χ3n) is 5.43. The van der Waals surface area contributed by atoms with E-state index in [2.05, 4.69) is 6.92 Å². The summed E-state index contributed by atoms with van der Waals surface area (Å²) in [6.45, 7) is 2.18. The molecule has 0 aromatic heterocycles. The topological polar surface area (TPSA) is 124 Å². The van der Waals surface area contributed by atoms with Gasteiger partial charge in [-0.15, -0.1) is 0 Å². The largest absolute Gasteiger partial charge is 1.00 e. The summed E-state index contributed by atoms with van der Waals surface area (Å²) in [6.07, 6.45) is 10.9. The zero-order valence-corrected chi connectivity index (χ0v) is 26.6. The number of hydrogen-bond acceptors (Lipinski definition) is 7. The number of para-hydroxylation sites is 1. The summed E-state index contributed by atoms with van der Waals surface area (Å²) in [5.74, 6) is -0.267. The van der Waals surface area contributed by atoms with Crippen molar-refractivity contribution in [3.63, 3.8) is 0 Å². The Morgan fingerprint density at radius 3 is 1.63 bits per heavy atom. The van der Waals surface area contributed by atoms with Gasteiger partial charge in [-0.05, 0) is 36.6 Å². The van der Waals surface area contributed by atoms with Gasteiger partial charge in [0.1, 0.15) is 36.6 Å². The average Bonchev–Trinajstić information content (AvgIpc) is 2.74. The molecule has 2 aromatic rings. The molecule has 0 N–H and O–H groups in total. The van der Waals surface area contributed by atoms with Gasteiger partial charge in [0.15, 0.2) is 0 Å². The van der Waals surface area contributed by atoms with Crippen LogP contribution in [-0.4, -0.2) is 25.9 Å². The van der Waals surface area contributed by atoms with Crippen LogP contribution in [0.25, 0.3) is 0 Å².